The molecular weight excluding hydrogens is 333 g/mol. The minimum absolute atomic E-state index is 0.0319. The van der Waals surface area contributed by atoms with E-state index in [0.29, 0.717) is 20.1 Å². The number of nitrogens with zero attached hydrogens (tertiary/aromatic N) is 2. The second-order valence-electron chi connectivity index (χ2n) is 4.28. The van der Waals surface area contributed by atoms with Crippen LogP contribution in [-0.2, 0) is 11.2 Å². The van der Waals surface area contributed by atoms with Gasteiger partial charge in [-0.3, -0.25) is 4.79 Å². The first-order chi connectivity index (χ1) is 9.99. The van der Waals surface area contributed by atoms with Crippen LogP contribution in [0.15, 0.2) is 22.5 Å². The Hall–Kier alpha value is -1.18. The molecule has 0 aliphatic rings. The summed E-state index contributed by atoms with van der Waals surface area (Å²) in [5.41, 5.74) is 0.463. The summed E-state index contributed by atoms with van der Waals surface area (Å²) in [5.74, 6) is -0.432. The number of anilines is 1. The summed E-state index contributed by atoms with van der Waals surface area (Å²) < 4.78 is 14.5. The number of aromatic nitrogens is 2. The monoisotopic (exact) mass is 345 g/mol. The largest absolute Gasteiger partial charge is 0.363 e. The molecule has 1 unspecified atom stereocenters. The first-order valence-corrected chi connectivity index (χ1v) is 8.19. The number of Topliss-reactive ketones (excluding diaryl/α,β-unsaturated/α-hetero) is 1. The summed E-state index contributed by atoms with van der Waals surface area (Å²) in [5, 5.41) is 11.4. The molecule has 1 aromatic carbocycles. The normalized spacial score (nSPS) is 12.2. The van der Waals surface area contributed by atoms with Crippen LogP contribution in [-0.4, -0.2) is 28.3 Å². The first kappa shape index (κ1) is 16.2. The average Bonchev–Trinajstić information content (AvgIpc) is 2.88. The predicted octanol–water partition coefficient (Wildman–Crippen LogP) is 3.66. The zero-order valence-corrected chi connectivity index (χ0v) is 13.8. The molecule has 0 radical (unpaired) electrons. The van der Waals surface area contributed by atoms with E-state index in [9.17, 15) is 9.18 Å². The van der Waals surface area contributed by atoms with Crippen molar-refractivity contribution < 1.29 is 9.18 Å². The van der Waals surface area contributed by atoms with Crippen molar-refractivity contribution in [1.29, 1.82) is 0 Å². The molecule has 2 rings (SSSR count). The van der Waals surface area contributed by atoms with Gasteiger partial charge in [0.1, 0.15) is 11.6 Å². The van der Waals surface area contributed by atoms with Crippen molar-refractivity contribution in [3.63, 3.8) is 0 Å². The molecule has 0 aliphatic heterocycles. The van der Waals surface area contributed by atoms with Crippen molar-refractivity contribution in [1.82, 2.24) is 10.2 Å². The van der Waals surface area contributed by atoms with Gasteiger partial charge in [0.2, 0.25) is 5.13 Å². The van der Waals surface area contributed by atoms with Crippen LogP contribution in [0.1, 0.15) is 12.5 Å². The Kier molecular flexibility index (Phi) is 5.55. The summed E-state index contributed by atoms with van der Waals surface area (Å²) in [6.07, 6.45) is 0.289. The molecule has 112 valence electrons. The molecule has 1 N–H and O–H groups in total. The van der Waals surface area contributed by atoms with E-state index in [-0.39, 0.29) is 12.2 Å². The highest BCUT2D eigenvalue weighted by Crippen LogP contribution is 2.31. The third kappa shape index (κ3) is 4.39. The van der Waals surface area contributed by atoms with E-state index in [1.54, 1.807) is 19.2 Å². The lowest BCUT2D eigenvalue weighted by Crippen LogP contribution is -2.17. The molecule has 1 atom stereocenters. The van der Waals surface area contributed by atoms with Crippen molar-refractivity contribution in [2.75, 3.05) is 12.4 Å². The molecule has 0 amide bonds. The number of carbonyl (C=O) groups excluding carboxylic acids is 1. The number of hydrogen-bond acceptors (Lipinski definition) is 6. The van der Waals surface area contributed by atoms with Gasteiger partial charge in [0.25, 0.3) is 0 Å². The van der Waals surface area contributed by atoms with Gasteiger partial charge < -0.3 is 5.32 Å². The topological polar surface area (TPSA) is 54.9 Å². The Labute approximate surface area is 135 Å². The highest BCUT2D eigenvalue weighted by atomic mass is 35.5. The molecule has 4 nitrogen and oxygen atoms in total. The predicted molar refractivity (Wildman–Crippen MR) is 84.9 cm³/mol. The standard InChI is InChI=1S/C13H13ClFN3OS2/c1-7(19)11(20-13-18-17-12(16-2)21-13)5-8-3-4-9(14)6-10(8)15/h3-4,6,11H,5H2,1-2H3,(H,16,17). The second-order valence-corrected chi connectivity index (χ2v) is 7.14. The van der Waals surface area contributed by atoms with Gasteiger partial charge in [-0.15, -0.1) is 10.2 Å². The molecule has 0 saturated heterocycles. The van der Waals surface area contributed by atoms with Gasteiger partial charge in [-0.1, -0.05) is 40.8 Å². The van der Waals surface area contributed by atoms with E-state index in [1.165, 1.54) is 36.1 Å². The van der Waals surface area contributed by atoms with Crippen molar-refractivity contribution in [3.8, 4) is 0 Å². The quantitative estimate of drug-likeness (QED) is 0.810. The fourth-order valence-corrected chi connectivity index (χ4v) is 3.76. The summed E-state index contributed by atoms with van der Waals surface area (Å²) >= 11 is 8.38. The number of carbonyl (C=O) groups is 1. The van der Waals surface area contributed by atoms with Crippen LogP contribution in [0.3, 0.4) is 0 Å². The third-order valence-corrected chi connectivity index (χ3v) is 5.31. The van der Waals surface area contributed by atoms with Crippen LogP contribution >= 0.6 is 34.7 Å². The van der Waals surface area contributed by atoms with Gasteiger partial charge in [0.05, 0.1) is 5.25 Å². The van der Waals surface area contributed by atoms with E-state index in [2.05, 4.69) is 15.5 Å². The van der Waals surface area contributed by atoms with Crippen molar-refractivity contribution in [3.05, 3.63) is 34.6 Å². The maximum Gasteiger partial charge on any atom is 0.206 e. The Morgan fingerprint density at radius 2 is 2.29 bits per heavy atom. The van der Waals surface area contributed by atoms with Gasteiger partial charge in [-0.2, -0.15) is 0 Å². The van der Waals surface area contributed by atoms with Crippen LogP contribution in [0.25, 0.3) is 0 Å². The molecule has 8 heteroatoms. The lowest BCUT2D eigenvalue weighted by Gasteiger charge is -2.12. The summed E-state index contributed by atoms with van der Waals surface area (Å²) in [4.78, 5) is 11.8. The van der Waals surface area contributed by atoms with Gasteiger partial charge in [0, 0.05) is 12.1 Å². The zero-order chi connectivity index (χ0) is 15.4. The molecule has 0 bridgehead atoms. The fraction of sp³-hybridized carbons (Fsp3) is 0.308. The molecule has 0 spiro atoms. The average molecular weight is 346 g/mol. The SMILES string of the molecule is CNc1nnc(SC(Cc2ccc(Cl)cc2F)C(C)=O)s1. The van der Waals surface area contributed by atoms with Crippen molar-refractivity contribution in [2.24, 2.45) is 0 Å². The van der Waals surface area contributed by atoms with Crippen LogP contribution in [0.4, 0.5) is 9.52 Å². The van der Waals surface area contributed by atoms with Crippen molar-refractivity contribution >= 4 is 45.6 Å². The lowest BCUT2D eigenvalue weighted by molar-refractivity contribution is -0.116. The zero-order valence-electron chi connectivity index (χ0n) is 11.4. The molecular formula is C13H13ClFN3OS2. The van der Waals surface area contributed by atoms with E-state index in [1.807, 2.05) is 0 Å². The maximum atomic E-state index is 13.8. The van der Waals surface area contributed by atoms with E-state index >= 15 is 0 Å². The highest BCUT2D eigenvalue weighted by molar-refractivity contribution is 8.02. The minimum atomic E-state index is -0.404. The van der Waals surface area contributed by atoms with E-state index < -0.39 is 11.1 Å². The second kappa shape index (κ2) is 7.20. The highest BCUT2D eigenvalue weighted by Gasteiger charge is 2.20. The van der Waals surface area contributed by atoms with Crippen LogP contribution in [0, 0.1) is 5.82 Å². The molecule has 0 fully saturated rings. The number of halogens is 2. The molecule has 21 heavy (non-hydrogen) atoms. The van der Waals surface area contributed by atoms with Gasteiger partial charge in [-0.25, -0.2) is 4.39 Å². The summed E-state index contributed by atoms with van der Waals surface area (Å²) in [6.45, 7) is 1.49. The number of thioether (sulfide) groups is 1. The number of hydrogen-bond donors (Lipinski definition) is 1. The van der Waals surface area contributed by atoms with Gasteiger partial charge >= 0.3 is 0 Å². The Balaban J connectivity index is 2.13. The molecule has 2 aromatic rings. The molecule has 1 heterocycles. The summed E-state index contributed by atoms with van der Waals surface area (Å²) in [6, 6.07) is 4.47. The van der Waals surface area contributed by atoms with E-state index in [0.717, 1.165) is 0 Å². The van der Waals surface area contributed by atoms with Gasteiger partial charge in [-0.05, 0) is 31.0 Å². The lowest BCUT2D eigenvalue weighted by atomic mass is 10.1. The van der Waals surface area contributed by atoms with Crippen LogP contribution in [0.5, 0.6) is 0 Å². The molecule has 0 saturated carbocycles. The van der Waals surface area contributed by atoms with Crippen LogP contribution < -0.4 is 5.32 Å². The number of rotatable bonds is 6. The number of ketones is 1. The first-order valence-electron chi connectivity index (χ1n) is 6.12. The molecule has 0 aliphatic carbocycles. The smallest absolute Gasteiger partial charge is 0.206 e. The van der Waals surface area contributed by atoms with Crippen molar-refractivity contribution in [2.45, 2.75) is 22.9 Å². The van der Waals surface area contributed by atoms with Gasteiger partial charge in [0.15, 0.2) is 4.34 Å². The fourth-order valence-electron chi connectivity index (χ4n) is 1.64. The number of nitrogens with one attached hydrogen (secondary N) is 1. The van der Waals surface area contributed by atoms with E-state index in [4.69, 9.17) is 11.6 Å². The summed E-state index contributed by atoms with van der Waals surface area (Å²) in [7, 11) is 1.75. The van der Waals surface area contributed by atoms with Crippen LogP contribution in [0.2, 0.25) is 5.02 Å². The Morgan fingerprint density at radius 3 is 2.86 bits per heavy atom. The third-order valence-electron chi connectivity index (χ3n) is 2.74. The number of benzene rings is 1. The molecule has 1 aromatic heterocycles. The maximum absolute atomic E-state index is 13.8. The minimum Gasteiger partial charge on any atom is -0.363 e. The Bertz CT molecular complexity index is 650. The Morgan fingerprint density at radius 1 is 1.52 bits per heavy atom.